The Kier molecular flexibility index (Phi) is 9.69. The van der Waals surface area contributed by atoms with Crippen LogP contribution in [0.15, 0.2) is 115 Å². The molecule has 0 atom stereocenters. The molecule has 0 heterocycles. The van der Waals surface area contributed by atoms with Crippen molar-refractivity contribution < 1.29 is 38.9 Å². The van der Waals surface area contributed by atoms with Crippen LogP contribution >= 0.6 is 0 Å². The Bertz CT molecular complexity index is 1890. The number of hydrogen-bond acceptors (Lipinski definition) is 7. The van der Waals surface area contributed by atoms with E-state index < -0.39 is 29.1 Å². The number of amides is 2. The number of carbonyl (C=O) groups is 4. The molecular formula is C36H28N2O8. The quantitative estimate of drug-likeness (QED) is 0.0908. The van der Waals surface area contributed by atoms with Gasteiger partial charge in [-0.15, -0.1) is 0 Å². The molecular weight excluding hydrogens is 588 g/mol. The Hall–Kier alpha value is -6.42. The van der Waals surface area contributed by atoms with Gasteiger partial charge in [-0.2, -0.15) is 0 Å². The minimum absolute atomic E-state index is 0.00319. The number of carboxylic acids is 1. The van der Waals surface area contributed by atoms with E-state index in [1.54, 1.807) is 18.2 Å². The zero-order valence-corrected chi connectivity index (χ0v) is 24.3. The molecule has 4 N–H and O–H groups in total. The zero-order valence-electron chi connectivity index (χ0n) is 24.3. The Morgan fingerprint density at radius 2 is 1.13 bits per heavy atom. The van der Waals surface area contributed by atoms with Crippen molar-refractivity contribution in [2.75, 3.05) is 10.6 Å². The average Bonchev–Trinajstić information content (AvgIpc) is 3.08. The molecule has 5 aromatic carbocycles. The van der Waals surface area contributed by atoms with Gasteiger partial charge in [0.05, 0.1) is 11.1 Å². The van der Waals surface area contributed by atoms with E-state index in [0.29, 0.717) is 17.5 Å². The highest BCUT2D eigenvalue weighted by Crippen LogP contribution is 2.33. The third-order valence-corrected chi connectivity index (χ3v) is 6.81. The van der Waals surface area contributed by atoms with Gasteiger partial charge in [-0.05, 0) is 53.6 Å². The molecule has 0 aliphatic carbocycles. The predicted octanol–water partition coefficient (Wildman–Crippen LogP) is 6.57. The van der Waals surface area contributed by atoms with Crippen LogP contribution in [0.3, 0.4) is 0 Å². The predicted molar refractivity (Wildman–Crippen MR) is 171 cm³/mol. The maximum Gasteiger partial charge on any atom is 0.339 e. The summed E-state index contributed by atoms with van der Waals surface area (Å²) < 4.78 is 12.2. The first kappa shape index (κ1) is 31.0. The second-order valence-corrected chi connectivity index (χ2v) is 10.1. The first-order valence-electron chi connectivity index (χ1n) is 14.1. The van der Waals surface area contributed by atoms with Crippen molar-refractivity contribution in [2.24, 2.45) is 0 Å². The van der Waals surface area contributed by atoms with Crippen molar-refractivity contribution in [3.63, 3.8) is 0 Å². The van der Waals surface area contributed by atoms with Gasteiger partial charge in [0.1, 0.15) is 42.3 Å². The Labute approximate surface area is 263 Å². The van der Waals surface area contributed by atoms with E-state index in [0.717, 1.165) is 23.3 Å². The molecule has 5 aromatic rings. The van der Waals surface area contributed by atoms with E-state index in [2.05, 4.69) is 10.6 Å². The van der Waals surface area contributed by atoms with Gasteiger partial charge in [-0.1, -0.05) is 72.8 Å². The van der Waals surface area contributed by atoms with Crippen LogP contribution in [0.4, 0.5) is 11.4 Å². The molecule has 0 saturated heterocycles. The maximum absolute atomic E-state index is 13.7. The van der Waals surface area contributed by atoms with E-state index in [-0.39, 0.29) is 41.5 Å². The lowest BCUT2D eigenvalue weighted by Crippen LogP contribution is -2.18. The SMILES string of the molecule is O=Cc1cccc(NC(=O)c2cc(OCc3ccccc3)c(C(=O)Nc3ccc(O)c(C(=O)O)c3)cc2OCc2ccccc2)c1. The minimum atomic E-state index is -1.37. The van der Waals surface area contributed by atoms with Crippen molar-refractivity contribution in [1.29, 1.82) is 0 Å². The molecule has 0 aliphatic heterocycles. The molecule has 10 heteroatoms. The van der Waals surface area contributed by atoms with Crippen molar-refractivity contribution >= 4 is 35.4 Å². The highest BCUT2D eigenvalue weighted by Gasteiger charge is 2.23. The van der Waals surface area contributed by atoms with E-state index >= 15 is 0 Å². The zero-order chi connectivity index (χ0) is 32.5. The highest BCUT2D eigenvalue weighted by atomic mass is 16.5. The lowest BCUT2D eigenvalue weighted by atomic mass is 10.1. The van der Waals surface area contributed by atoms with Crippen LogP contribution in [0.5, 0.6) is 17.2 Å². The van der Waals surface area contributed by atoms with Crippen LogP contribution in [-0.2, 0) is 13.2 Å². The number of nitrogens with one attached hydrogen (secondary N) is 2. The normalized spacial score (nSPS) is 10.4. The number of carboxylic acid groups (broad SMARTS) is 1. The molecule has 0 unspecified atom stereocenters. The molecule has 0 radical (unpaired) electrons. The lowest BCUT2D eigenvalue weighted by Gasteiger charge is -2.18. The van der Waals surface area contributed by atoms with E-state index in [4.69, 9.17) is 9.47 Å². The van der Waals surface area contributed by atoms with Crippen LogP contribution < -0.4 is 20.1 Å². The molecule has 0 fully saturated rings. The molecule has 0 bridgehead atoms. The van der Waals surface area contributed by atoms with Gasteiger partial charge in [0, 0.05) is 16.9 Å². The van der Waals surface area contributed by atoms with Crippen LogP contribution in [0, 0.1) is 0 Å². The highest BCUT2D eigenvalue weighted by molar-refractivity contribution is 6.11. The molecule has 10 nitrogen and oxygen atoms in total. The second kappa shape index (κ2) is 14.4. The third-order valence-electron chi connectivity index (χ3n) is 6.81. The summed E-state index contributed by atoms with van der Waals surface area (Å²) in [6.07, 6.45) is 0.667. The largest absolute Gasteiger partial charge is 0.507 e. The van der Waals surface area contributed by atoms with Gasteiger partial charge in [0.2, 0.25) is 0 Å². The number of aromatic hydroxyl groups is 1. The second-order valence-electron chi connectivity index (χ2n) is 10.1. The van der Waals surface area contributed by atoms with E-state index in [1.165, 1.54) is 24.3 Å². The number of ether oxygens (including phenoxy) is 2. The number of hydrogen-bond donors (Lipinski definition) is 4. The first-order chi connectivity index (χ1) is 22.3. The van der Waals surface area contributed by atoms with Crippen LogP contribution in [0.1, 0.15) is 52.6 Å². The van der Waals surface area contributed by atoms with Gasteiger partial charge in [0.25, 0.3) is 11.8 Å². The summed E-state index contributed by atoms with van der Waals surface area (Å²) in [6, 6.07) is 31.3. The Morgan fingerprint density at radius 1 is 0.609 bits per heavy atom. The van der Waals surface area contributed by atoms with Crippen molar-refractivity contribution in [2.45, 2.75) is 13.2 Å². The van der Waals surface area contributed by atoms with Crippen LogP contribution in [0.2, 0.25) is 0 Å². The summed E-state index contributed by atoms with van der Waals surface area (Å²) in [5, 5.41) is 24.7. The average molecular weight is 617 g/mol. The van der Waals surface area contributed by atoms with Crippen molar-refractivity contribution in [3.8, 4) is 17.2 Å². The number of carbonyl (C=O) groups excluding carboxylic acids is 3. The summed E-state index contributed by atoms with van der Waals surface area (Å²) in [6.45, 7) is 0.142. The number of aldehydes is 1. The van der Waals surface area contributed by atoms with Crippen molar-refractivity contribution in [3.05, 3.63) is 149 Å². The summed E-state index contributed by atoms with van der Waals surface area (Å²) >= 11 is 0. The lowest BCUT2D eigenvalue weighted by molar-refractivity contribution is 0.0693. The molecule has 0 saturated carbocycles. The molecule has 0 aromatic heterocycles. The molecule has 0 spiro atoms. The summed E-state index contributed by atoms with van der Waals surface area (Å²) in [5.41, 5.74) is 2.14. The number of phenols is 1. The fourth-order valence-electron chi connectivity index (χ4n) is 4.50. The van der Waals surface area contributed by atoms with E-state index in [1.807, 2.05) is 60.7 Å². The summed E-state index contributed by atoms with van der Waals surface area (Å²) in [7, 11) is 0. The number of rotatable bonds is 12. The molecule has 46 heavy (non-hydrogen) atoms. The number of aromatic carboxylic acids is 1. The van der Waals surface area contributed by atoms with Gasteiger partial charge >= 0.3 is 5.97 Å². The van der Waals surface area contributed by atoms with Gasteiger partial charge in [-0.3, -0.25) is 14.4 Å². The molecule has 230 valence electrons. The van der Waals surface area contributed by atoms with Gasteiger partial charge in [0.15, 0.2) is 0 Å². The molecule has 5 rings (SSSR count). The molecule has 0 aliphatic rings. The van der Waals surface area contributed by atoms with Gasteiger partial charge < -0.3 is 30.3 Å². The topological polar surface area (TPSA) is 151 Å². The van der Waals surface area contributed by atoms with Gasteiger partial charge in [-0.25, -0.2) is 4.79 Å². The van der Waals surface area contributed by atoms with Crippen LogP contribution in [0.25, 0.3) is 0 Å². The Morgan fingerprint density at radius 3 is 1.63 bits per heavy atom. The third kappa shape index (κ3) is 7.74. The summed E-state index contributed by atoms with van der Waals surface area (Å²) in [5.74, 6) is -2.96. The standard InChI is InChI=1S/C36H28N2O8/c39-20-25-12-7-13-26(16-25)37-34(41)29-18-33(46-22-24-10-5-2-6-11-24)30(19-32(29)45-21-23-8-3-1-4-9-23)35(42)38-27-14-15-31(40)28(17-27)36(43)44/h1-20,40H,21-22H2,(H,37,41)(H,38,42)(H,43,44). The van der Waals surface area contributed by atoms with E-state index in [9.17, 15) is 29.4 Å². The minimum Gasteiger partial charge on any atom is -0.507 e. The fourth-order valence-corrected chi connectivity index (χ4v) is 4.50. The molecule has 2 amide bonds. The summed E-state index contributed by atoms with van der Waals surface area (Å²) in [4.78, 5) is 50.2. The smallest absolute Gasteiger partial charge is 0.339 e. The Balaban J connectivity index is 1.55. The fraction of sp³-hybridized carbons (Fsp3) is 0.0556. The van der Waals surface area contributed by atoms with Crippen molar-refractivity contribution in [1.82, 2.24) is 0 Å². The monoisotopic (exact) mass is 616 g/mol. The maximum atomic E-state index is 13.7. The number of benzene rings is 5. The van der Waals surface area contributed by atoms with Crippen LogP contribution in [-0.4, -0.2) is 34.3 Å². The number of anilines is 2. The first-order valence-corrected chi connectivity index (χ1v) is 14.1.